The maximum absolute atomic E-state index is 11.8. The maximum atomic E-state index is 11.8. The van der Waals surface area contributed by atoms with E-state index in [2.05, 4.69) is 30.7 Å². The first-order valence-corrected chi connectivity index (χ1v) is 5.49. The van der Waals surface area contributed by atoms with Crippen LogP contribution in [0.15, 0.2) is 18.3 Å². The number of aromatic amines is 1. The minimum atomic E-state index is -0.415. The first-order chi connectivity index (χ1) is 8.47. The molecule has 0 aliphatic rings. The molecule has 2 aromatic heterocycles. The number of rotatable bonds is 2. The highest BCUT2D eigenvalue weighted by Gasteiger charge is 2.21. The Morgan fingerprint density at radius 2 is 2.17 bits per heavy atom. The van der Waals surface area contributed by atoms with E-state index in [1.807, 2.05) is 20.8 Å². The summed E-state index contributed by atoms with van der Waals surface area (Å²) in [6.07, 6.45) is 1.53. The van der Waals surface area contributed by atoms with Gasteiger partial charge in [0.25, 0.3) is 5.91 Å². The summed E-state index contributed by atoms with van der Waals surface area (Å²) < 4.78 is 0. The third-order valence-electron chi connectivity index (χ3n) is 2.21. The third kappa shape index (κ3) is 2.68. The minimum Gasteiger partial charge on any atom is -0.302 e. The van der Waals surface area contributed by atoms with Gasteiger partial charge in [0.15, 0.2) is 5.82 Å². The Bertz CT molecular complexity index is 542. The quantitative estimate of drug-likeness (QED) is 0.828. The fourth-order valence-corrected chi connectivity index (χ4v) is 1.24. The van der Waals surface area contributed by atoms with Crippen molar-refractivity contribution < 1.29 is 4.79 Å². The lowest BCUT2D eigenvalue weighted by molar-refractivity contribution is 0.101. The molecule has 0 aliphatic carbocycles. The maximum Gasteiger partial charge on any atom is 0.296 e. The number of carbonyl (C=O) groups is 1. The lowest BCUT2D eigenvalue weighted by Gasteiger charge is -2.12. The summed E-state index contributed by atoms with van der Waals surface area (Å²) in [5.74, 6) is 0.698. The SMILES string of the molecule is CC(C)(C)c1nc(C(=O)Nc2cccnn2)n[nH]1. The molecule has 0 atom stereocenters. The summed E-state index contributed by atoms with van der Waals surface area (Å²) >= 11 is 0. The molecule has 0 bridgehead atoms. The Morgan fingerprint density at radius 1 is 1.39 bits per heavy atom. The number of aromatic nitrogens is 5. The van der Waals surface area contributed by atoms with E-state index >= 15 is 0 Å². The number of carbonyl (C=O) groups excluding carboxylic acids is 1. The summed E-state index contributed by atoms with van der Waals surface area (Å²) in [6.45, 7) is 5.95. The van der Waals surface area contributed by atoms with Gasteiger partial charge in [-0.15, -0.1) is 10.2 Å². The normalized spacial score (nSPS) is 11.3. The van der Waals surface area contributed by atoms with E-state index in [4.69, 9.17) is 0 Å². The van der Waals surface area contributed by atoms with Crippen molar-refractivity contribution in [2.24, 2.45) is 0 Å². The molecule has 2 aromatic rings. The number of hydrogen-bond donors (Lipinski definition) is 2. The average Bonchev–Trinajstić information content (AvgIpc) is 2.79. The van der Waals surface area contributed by atoms with E-state index in [0.717, 1.165) is 0 Å². The van der Waals surface area contributed by atoms with Crippen molar-refractivity contribution >= 4 is 11.7 Å². The van der Waals surface area contributed by atoms with Crippen LogP contribution in [0.5, 0.6) is 0 Å². The minimum absolute atomic E-state index is 0.0885. The van der Waals surface area contributed by atoms with Crippen LogP contribution in [-0.2, 0) is 5.41 Å². The molecule has 0 aliphatic heterocycles. The second kappa shape index (κ2) is 4.52. The molecule has 18 heavy (non-hydrogen) atoms. The summed E-state index contributed by atoms with van der Waals surface area (Å²) in [7, 11) is 0. The molecule has 94 valence electrons. The van der Waals surface area contributed by atoms with Gasteiger partial charge in [-0.25, -0.2) is 4.98 Å². The fraction of sp³-hybridized carbons (Fsp3) is 0.364. The van der Waals surface area contributed by atoms with Gasteiger partial charge in [0.1, 0.15) is 5.82 Å². The van der Waals surface area contributed by atoms with Gasteiger partial charge in [-0.3, -0.25) is 9.89 Å². The lowest BCUT2D eigenvalue weighted by Crippen LogP contribution is -2.16. The van der Waals surface area contributed by atoms with Gasteiger partial charge in [-0.2, -0.15) is 5.10 Å². The molecule has 0 saturated heterocycles. The highest BCUT2D eigenvalue weighted by molar-refractivity contribution is 6.00. The van der Waals surface area contributed by atoms with Gasteiger partial charge >= 0.3 is 0 Å². The molecular weight excluding hydrogens is 232 g/mol. The van der Waals surface area contributed by atoms with Crippen LogP contribution in [-0.4, -0.2) is 31.3 Å². The van der Waals surface area contributed by atoms with Crippen LogP contribution in [0.2, 0.25) is 0 Å². The number of hydrogen-bond acceptors (Lipinski definition) is 5. The number of anilines is 1. The van der Waals surface area contributed by atoms with Gasteiger partial charge in [-0.05, 0) is 12.1 Å². The van der Waals surface area contributed by atoms with Crippen molar-refractivity contribution in [1.82, 2.24) is 25.4 Å². The van der Waals surface area contributed by atoms with Crippen molar-refractivity contribution in [3.8, 4) is 0 Å². The van der Waals surface area contributed by atoms with Gasteiger partial charge < -0.3 is 5.32 Å². The topological polar surface area (TPSA) is 96.5 Å². The van der Waals surface area contributed by atoms with Crippen molar-refractivity contribution in [3.63, 3.8) is 0 Å². The van der Waals surface area contributed by atoms with Crippen LogP contribution in [0, 0.1) is 0 Å². The number of nitrogens with zero attached hydrogens (tertiary/aromatic N) is 4. The molecule has 0 radical (unpaired) electrons. The zero-order chi connectivity index (χ0) is 13.2. The zero-order valence-electron chi connectivity index (χ0n) is 10.4. The molecule has 1 amide bonds. The van der Waals surface area contributed by atoms with Crippen LogP contribution in [0.1, 0.15) is 37.2 Å². The highest BCUT2D eigenvalue weighted by atomic mass is 16.2. The fourth-order valence-electron chi connectivity index (χ4n) is 1.24. The predicted octanol–water partition coefficient (Wildman–Crippen LogP) is 1.14. The van der Waals surface area contributed by atoms with Crippen molar-refractivity contribution in [1.29, 1.82) is 0 Å². The smallest absolute Gasteiger partial charge is 0.296 e. The summed E-state index contributed by atoms with van der Waals surface area (Å²) in [4.78, 5) is 16.0. The van der Waals surface area contributed by atoms with Gasteiger partial charge in [0.2, 0.25) is 5.82 Å². The second-order valence-corrected chi connectivity index (χ2v) is 4.82. The van der Waals surface area contributed by atoms with E-state index in [-0.39, 0.29) is 11.2 Å². The summed E-state index contributed by atoms with van der Waals surface area (Å²) in [6, 6.07) is 3.32. The largest absolute Gasteiger partial charge is 0.302 e. The second-order valence-electron chi connectivity index (χ2n) is 4.82. The Labute approximate surface area is 104 Å². The number of nitrogens with one attached hydrogen (secondary N) is 2. The molecule has 0 unspecified atom stereocenters. The summed E-state index contributed by atoms with van der Waals surface area (Å²) in [5, 5.41) is 16.6. The molecule has 0 spiro atoms. The molecule has 2 N–H and O–H groups in total. The predicted molar refractivity (Wildman–Crippen MR) is 65.1 cm³/mol. The lowest BCUT2D eigenvalue weighted by atomic mass is 9.96. The van der Waals surface area contributed by atoms with E-state index in [1.54, 1.807) is 12.1 Å². The molecule has 2 rings (SSSR count). The monoisotopic (exact) mass is 246 g/mol. The van der Waals surface area contributed by atoms with E-state index in [9.17, 15) is 4.79 Å². The Morgan fingerprint density at radius 3 is 2.72 bits per heavy atom. The van der Waals surface area contributed by atoms with Crippen LogP contribution in [0.3, 0.4) is 0 Å². The van der Waals surface area contributed by atoms with Gasteiger partial charge in [0, 0.05) is 11.6 Å². The van der Waals surface area contributed by atoms with Crippen molar-refractivity contribution in [2.75, 3.05) is 5.32 Å². The zero-order valence-corrected chi connectivity index (χ0v) is 10.4. The standard InChI is InChI=1S/C11H14N6O/c1-11(2,3)10-14-8(16-17-10)9(18)13-7-5-4-6-12-15-7/h4-6H,1-3H3,(H,13,15,18)(H,14,16,17). The van der Waals surface area contributed by atoms with Crippen molar-refractivity contribution in [3.05, 3.63) is 30.0 Å². The number of amides is 1. The first-order valence-electron chi connectivity index (χ1n) is 5.49. The van der Waals surface area contributed by atoms with Crippen molar-refractivity contribution in [2.45, 2.75) is 26.2 Å². The number of H-pyrrole nitrogens is 1. The highest BCUT2D eigenvalue weighted by Crippen LogP contribution is 2.17. The third-order valence-corrected chi connectivity index (χ3v) is 2.21. The Balaban J connectivity index is 2.13. The van der Waals surface area contributed by atoms with Crippen LogP contribution in [0.25, 0.3) is 0 Å². The van der Waals surface area contributed by atoms with Gasteiger partial charge in [0.05, 0.1) is 0 Å². The molecule has 0 saturated carbocycles. The molecule has 7 heteroatoms. The molecule has 0 fully saturated rings. The molecular formula is C11H14N6O. The first kappa shape index (κ1) is 12.2. The molecule has 0 aromatic carbocycles. The molecule has 7 nitrogen and oxygen atoms in total. The van der Waals surface area contributed by atoms with Crippen LogP contribution >= 0.6 is 0 Å². The van der Waals surface area contributed by atoms with E-state index in [0.29, 0.717) is 11.6 Å². The summed E-state index contributed by atoms with van der Waals surface area (Å²) in [5.41, 5.74) is -0.182. The molecule has 2 heterocycles. The van der Waals surface area contributed by atoms with Crippen LogP contribution in [0.4, 0.5) is 5.82 Å². The Kier molecular flexibility index (Phi) is 3.05. The average molecular weight is 246 g/mol. The van der Waals surface area contributed by atoms with E-state index < -0.39 is 5.91 Å². The van der Waals surface area contributed by atoms with Crippen LogP contribution < -0.4 is 5.32 Å². The Hall–Kier alpha value is -2.31. The van der Waals surface area contributed by atoms with Gasteiger partial charge in [-0.1, -0.05) is 20.8 Å². The van der Waals surface area contributed by atoms with E-state index in [1.165, 1.54) is 6.20 Å².